The summed E-state index contributed by atoms with van der Waals surface area (Å²) < 4.78 is 31.2. The average Bonchev–Trinajstić information content (AvgIpc) is 2.50. The van der Waals surface area contributed by atoms with E-state index in [0.717, 1.165) is 16.5 Å². The van der Waals surface area contributed by atoms with Gasteiger partial charge in [0.05, 0.1) is 17.3 Å². The number of aliphatic imine (C=N–C) groups is 1. The minimum Gasteiger partial charge on any atom is -0.488 e. The minimum atomic E-state index is -3.17. The van der Waals surface area contributed by atoms with Crippen LogP contribution in [0.1, 0.15) is 13.8 Å². The number of hydrogen-bond donors (Lipinski definition) is 3. The van der Waals surface area contributed by atoms with Crippen molar-refractivity contribution in [2.45, 2.75) is 20.0 Å². The van der Waals surface area contributed by atoms with E-state index in [1.165, 1.54) is 0 Å². The molecule has 1 aromatic carbocycles. The van der Waals surface area contributed by atoms with Gasteiger partial charge in [-0.2, -0.15) is 0 Å². The molecule has 0 aliphatic rings. The van der Waals surface area contributed by atoms with Gasteiger partial charge in [-0.1, -0.05) is 12.1 Å². The van der Waals surface area contributed by atoms with E-state index in [4.69, 9.17) is 4.74 Å². The second-order valence-electron chi connectivity index (χ2n) is 5.17. The number of sulfonamides is 1. The lowest BCUT2D eigenvalue weighted by Crippen LogP contribution is -2.41. The highest BCUT2D eigenvalue weighted by atomic mass is 79.9. The number of benzene rings is 1. The summed E-state index contributed by atoms with van der Waals surface area (Å²) in [5.41, 5.74) is 0. The molecule has 1 unspecified atom stereocenters. The molecule has 0 saturated carbocycles. The summed E-state index contributed by atoms with van der Waals surface area (Å²) in [6.45, 7) is 5.83. The monoisotopic (exact) mass is 420 g/mol. The zero-order valence-electron chi connectivity index (χ0n) is 14.2. The number of ether oxygens (including phenoxy) is 1. The first kappa shape index (κ1) is 20.7. The molecular weight excluding hydrogens is 396 g/mol. The Labute approximate surface area is 152 Å². The summed E-state index contributed by atoms with van der Waals surface area (Å²) in [6.07, 6.45) is 1.03. The van der Waals surface area contributed by atoms with Crippen molar-refractivity contribution in [2.24, 2.45) is 4.99 Å². The SMILES string of the molecule is CCNC(=NCC(C)Oc1ccccc1Br)NCCNS(C)(=O)=O. The third kappa shape index (κ3) is 9.09. The van der Waals surface area contributed by atoms with Gasteiger partial charge in [0.1, 0.15) is 11.9 Å². The van der Waals surface area contributed by atoms with Gasteiger partial charge >= 0.3 is 0 Å². The Morgan fingerprint density at radius 2 is 2.00 bits per heavy atom. The van der Waals surface area contributed by atoms with Gasteiger partial charge in [-0.15, -0.1) is 0 Å². The van der Waals surface area contributed by atoms with Gasteiger partial charge in [0.25, 0.3) is 0 Å². The number of nitrogens with one attached hydrogen (secondary N) is 3. The molecule has 9 heteroatoms. The Hall–Kier alpha value is -1.32. The Morgan fingerprint density at radius 3 is 2.62 bits per heavy atom. The van der Waals surface area contributed by atoms with Gasteiger partial charge in [0, 0.05) is 19.6 Å². The molecule has 7 nitrogen and oxygen atoms in total. The Balaban J connectivity index is 2.47. The standard InChI is InChI=1S/C15H25BrN4O3S/c1-4-17-15(18-9-10-20-24(3,21)22)19-11-12(2)23-14-8-6-5-7-13(14)16/h5-8,12,20H,4,9-11H2,1-3H3,(H2,17,18,19). The predicted molar refractivity (Wildman–Crippen MR) is 101 cm³/mol. The molecule has 0 aliphatic carbocycles. The largest absolute Gasteiger partial charge is 0.488 e. The fourth-order valence-electron chi connectivity index (χ4n) is 1.77. The molecule has 24 heavy (non-hydrogen) atoms. The first-order valence-electron chi connectivity index (χ1n) is 7.70. The Bertz CT molecular complexity index is 637. The van der Waals surface area contributed by atoms with Crippen LogP contribution in [0, 0.1) is 0 Å². The Morgan fingerprint density at radius 1 is 1.29 bits per heavy atom. The molecule has 1 atom stereocenters. The van der Waals surface area contributed by atoms with Crippen molar-refractivity contribution >= 4 is 31.9 Å². The average molecular weight is 421 g/mol. The number of hydrogen-bond acceptors (Lipinski definition) is 4. The summed E-state index contributed by atoms with van der Waals surface area (Å²) in [5.74, 6) is 1.39. The fraction of sp³-hybridized carbons (Fsp3) is 0.533. The second kappa shape index (κ2) is 10.5. The molecular formula is C15H25BrN4O3S. The van der Waals surface area contributed by atoms with Crippen molar-refractivity contribution < 1.29 is 13.2 Å². The van der Waals surface area contributed by atoms with E-state index in [2.05, 4.69) is 36.3 Å². The molecule has 0 fully saturated rings. The van der Waals surface area contributed by atoms with Gasteiger partial charge in [-0.05, 0) is 41.9 Å². The number of guanidine groups is 1. The molecule has 3 N–H and O–H groups in total. The summed E-state index contributed by atoms with van der Waals surface area (Å²) in [7, 11) is -3.17. The zero-order chi connectivity index (χ0) is 18.0. The maximum atomic E-state index is 11.0. The van der Waals surface area contributed by atoms with Crippen LogP contribution in [0.25, 0.3) is 0 Å². The maximum absolute atomic E-state index is 11.0. The predicted octanol–water partition coefficient (Wildman–Crippen LogP) is 1.32. The van der Waals surface area contributed by atoms with Crippen molar-refractivity contribution in [1.29, 1.82) is 0 Å². The van der Waals surface area contributed by atoms with Crippen molar-refractivity contribution in [2.75, 3.05) is 32.4 Å². The van der Waals surface area contributed by atoms with Gasteiger partial charge in [-0.3, -0.25) is 0 Å². The van der Waals surface area contributed by atoms with Gasteiger partial charge in [-0.25, -0.2) is 18.1 Å². The molecule has 0 aromatic heterocycles. The Kier molecular flexibility index (Phi) is 9.09. The van der Waals surface area contributed by atoms with Gasteiger partial charge in [0.2, 0.25) is 10.0 Å². The highest BCUT2D eigenvalue weighted by Gasteiger charge is 2.07. The van der Waals surface area contributed by atoms with Gasteiger partial charge < -0.3 is 15.4 Å². The first-order valence-corrected chi connectivity index (χ1v) is 10.4. The number of halogens is 1. The number of nitrogens with zero attached hydrogens (tertiary/aromatic N) is 1. The molecule has 0 aliphatic heterocycles. The van der Waals surface area contributed by atoms with Crippen molar-refractivity contribution in [1.82, 2.24) is 15.4 Å². The van der Waals surface area contributed by atoms with Crippen LogP contribution in [0.5, 0.6) is 5.75 Å². The molecule has 0 heterocycles. The third-order valence-electron chi connectivity index (χ3n) is 2.80. The van der Waals surface area contributed by atoms with E-state index in [1.54, 1.807) is 0 Å². The molecule has 0 radical (unpaired) electrons. The first-order chi connectivity index (χ1) is 11.3. The number of para-hydroxylation sites is 1. The van der Waals surface area contributed by atoms with Crippen molar-refractivity contribution in [3.63, 3.8) is 0 Å². The molecule has 136 valence electrons. The highest BCUT2D eigenvalue weighted by Crippen LogP contribution is 2.24. The second-order valence-corrected chi connectivity index (χ2v) is 7.86. The van der Waals surface area contributed by atoms with Crippen LogP contribution < -0.4 is 20.1 Å². The normalized spacial score (nSPS) is 13.4. The molecule has 0 spiro atoms. The fourth-order valence-corrected chi connectivity index (χ4v) is 2.62. The van der Waals surface area contributed by atoms with E-state index in [-0.39, 0.29) is 6.10 Å². The summed E-state index contributed by atoms with van der Waals surface area (Å²) in [5, 5.41) is 6.18. The van der Waals surface area contributed by atoms with Gasteiger partial charge in [0.15, 0.2) is 5.96 Å². The number of rotatable bonds is 9. The van der Waals surface area contributed by atoms with Crippen molar-refractivity contribution in [3.05, 3.63) is 28.7 Å². The van der Waals surface area contributed by atoms with E-state index < -0.39 is 10.0 Å². The molecule has 0 amide bonds. The lowest BCUT2D eigenvalue weighted by Gasteiger charge is -2.16. The lowest BCUT2D eigenvalue weighted by molar-refractivity contribution is 0.228. The zero-order valence-corrected chi connectivity index (χ0v) is 16.6. The van der Waals surface area contributed by atoms with Crippen LogP contribution in [0.3, 0.4) is 0 Å². The molecule has 0 bridgehead atoms. The third-order valence-corrected chi connectivity index (χ3v) is 4.18. The van der Waals surface area contributed by atoms with E-state index >= 15 is 0 Å². The quantitative estimate of drug-likeness (QED) is 0.318. The van der Waals surface area contributed by atoms with E-state index in [1.807, 2.05) is 38.1 Å². The smallest absolute Gasteiger partial charge is 0.208 e. The molecule has 1 rings (SSSR count). The van der Waals surface area contributed by atoms with Crippen LogP contribution >= 0.6 is 15.9 Å². The van der Waals surface area contributed by atoms with Crippen LogP contribution in [0.15, 0.2) is 33.7 Å². The van der Waals surface area contributed by atoms with E-state index in [9.17, 15) is 8.42 Å². The lowest BCUT2D eigenvalue weighted by atomic mass is 10.3. The minimum absolute atomic E-state index is 0.103. The summed E-state index contributed by atoms with van der Waals surface area (Å²) in [6, 6.07) is 7.66. The molecule has 0 saturated heterocycles. The van der Waals surface area contributed by atoms with Crippen LogP contribution in [0.4, 0.5) is 0 Å². The van der Waals surface area contributed by atoms with Crippen LogP contribution in [-0.4, -0.2) is 52.9 Å². The highest BCUT2D eigenvalue weighted by molar-refractivity contribution is 9.10. The van der Waals surface area contributed by atoms with Crippen molar-refractivity contribution in [3.8, 4) is 5.75 Å². The van der Waals surface area contributed by atoms with E-state index in [0.29, 0.717) is 32.1 Å². The van der Waals surface area contributed by atoms with Crippen LogP contribution in [0.2, 0.25) is 0 Å². The molecule has 1 aromatic rings. The summed E-state index contributed by atoms with van der Waals surface area (Å²) >= 11 is 3.45. The van der Waals surface area contributed by atoms with Crippen LogP contribution in [-0.2, 0) is 10.0 Å². The topological polar surface area (TPSA) is 91.8 Å². The summed E-state index contributed by atoms with van der Waals surface area (Å²) in [4.78, 5) is 4.45. The maximum Gasteiger partial charge on any atom is 0.208 e.